The van der Waals surface area contributed by atoms with E-state index in [1.54, 1.807) is 12.1 Å². The van der Waals surface area contributed by atoms with Crippen LogP contribution < -0.4 is 5.73 Å². The van der Waals surface area contributed by atoms with Crippen LogP contribution in [0, 0.1) is 17.7 Å². The Labute approximate surface area is 85.1 Å². The fourth-order valence-corrected chi connectivity index (χ4v) is 1.40. The van der Waals surface area contributed by atoms with E-state index in [2.05, 4.69) is 20.8 Å². The summed E-state index contributed by atoms with van der Waals surface area (Å²) in [5.74, 6) is 0.730. The second kappa shape index (κ2) is 4.56. The molecule has 0 radical (unpaired) electrons. The van der Waals surface area contributed by atoms with Gasteiger partial charge in [-0.1, -0.05) is 32.9 Å². The minimum absolute atomic E-state index is 0.00407. The van der Waals surface area contributed by atoms with Crippen molar-refractivity contribution in [2.24, 2.45) is 17.6 Å². The maximum Gasteiger partial charge on any atom is 0.123 e. The highest BCUT2D eigenvalue weighted by atomic mass is 19.1. The first kappa shape index (κ1) is 11.2. The van der Waals surface area contributed by atoms with Crippen LogP contribution in [0.4, 0.5) is 4.39 Å². The van der Waals surface area contributed by atoms with E-state index < -0.39 is 0 Å². The molecule has 78 valence electrons. The average molecular weight is 195 g/mol. The smallest absolute Gasteiger partial charge is 0.123 e. The van der Waals surface area contributed by atoms with Gasteiger partial charge < -0.3 is 5.73 Å². The molecular weight excluding hydrogens is 177 g/mol. The van der Waals surface area contributed by atoms with Gasteiger partial charge in [0.25, 0.3) is 0 Å². The molecule has 0 heterocycles. The Bertz CT molecular complexity index is 279. The van der Waals surface area contributed by atoms with Gasteiger partial charge in [-0.2, -0.15) is 0 Å². The fourth-order valence-electron chi connectivity index (χ4n) is 1.40. The summed E-state index contributed by atoms with van der Waals surface area (Å²) in [7, 11) is 0. The summed E-state index contributed by atoms with van der Waals surface area (Å²) in [6, 6.07) is 6.44. The molecular formula is C12H18FN. The molecule has 0 spiro atoms. The van der Waals surface area contributed by atoms with Crippen LogP contribution in [0.25, 0.3) is 0 Å². The van der Waals surface area contributed by atoms with Crippen molar-refractivity contribution in [3.63, 3.8) is 0 Å². The van der Waals surface area contributed by atoms with Gasteiger partial charge in [-0.25, -0.2) is 4.39 Å². The highest BCUT2D eigenvalue weighted by Crippen LogP contribution is 2.25. The zero-order chi connectivity index (χ0) is 10.7. The lowest BCUT2D eigenvalue weighted by Crippen LogP contribution is -2.22. The number of nitrogens with two attached hydrogens (primary N) is 1. The summed E-state index contributed by atoms with van der Waals surface area (Å²) >= 11 is 0. The SMILES string of the molecule is CC(C)C(C)C(N)c1ccc(F)cc1. The molecule has 0 amide bonds. The summed E-state index contributed by atoms with van der Waals surface area (Å²) in [5.41, 5.74) is 7.07. The second-order valence-electron chi connectivity index (χ2n) is 4.18. The van der Waals surface area contributed by atoms with Gasteiger partial charge in [-0.3, -0.25) is 0 Å². The lowest BCUT2D eigenvalue weighted by Gasteiger charge is -2.23. The molecule has 2 N–H and O–H groups in total. The predicted molar refractivity (Wildman–Crippen MR) is 57.3 cm³/mol. The molecule has 2 unspecified atom stereocenters. The van der Waals surface area contributed by atoms with Crippen LogP contribution in [-0.2, 0) is 0 Å². The third kappa shape index (κ3) is 2.55. The standard InChI is InChI=1S/C12H18FN/c1-8(2)9(3)12(14)10-4-6-11(13)7-5-10/h4-9,12H,14H2,1-3H3. The minimum atomic E-state index is -0.210. The van der Waals surface area contributed by atoms with Gasteiger partial charge in [0.05, 0.1) is 0 Å². The number of hydrogen-bond donors (Lipinski definition) is 1. The van der Waals surface area contributed by atoms with Gasteiger partial charge in [0, 0.05) is 6.04 Å². The van der Waals surface area contributed by atoms with Gasteiger partial charge >= 0.3 is 0 Å². The van der Waals surface area contributed by atoms with Crippen LogP contribution in [-0.4, -0.2) is 0 Å². The third-order valence-electron chi connectivity index (χ3n) is 2.87. The molecule has 0 saturated carbocycles. The summed E-state index contributed by atoms with van der Waals surface area (Å²) in [4.78, 5) is 0. The summed E-state index contributed by atoms with van der Waals surface area (Å²) < 4.78 is 12.7. The molecule has 1 rings (SSSR count). The maximum atomic E-state index is 12.7. The first-order chi connectivity index (χ1) is 6.52. The van der Waals surface area contributed by atoms with Crippen molar-refractivity contribution in [2.75, 3.05) is 0 Å². The molecule has 2 heteroatoms. The van der Waals surface area contributed by atoms with Crippen molar-refractivity contribution in [3.8, 4) is 0 Å². The van der Waals surface area contributed by atoms with Crippen LogP contribution in [0.15, 0.2) is 24.3 Å². The molecule has 0 aliphatic rings. The quantitative estimate of drug-likeness (QED) is 0.788. The van der Waals surface area contributed by atoms with Gasteiger partial charge in [0.1, 0.15) is 5.82 Å². The van der Waals surface area contributed by atoms with E-state index in [-0.39, 0.29) is 11.9 Å². The van der Waals surface area contributed by atoms with Gasteiger partial charge in [0.15, 0.2) is 0 Å². The van der Waals surface area contributed by atoms with Gasteiger partial charge in [0.2, 0.25) is 0 Å². The third-order valence-corrected chi connectivity index (χ3v) is 2.87. The van der Waals surface area contributed by atoms with Crippen molar-refractivity contribution in [3.05, 3.63) is 35.6 Å². The Morgan fingerprint density at radius 1 is 1.07 bits per heavy atom. The van der Waals surface area contributed by atoms with Crippen molar-refractivity contribution >= 4 is 0 Å². The number of halogens is 1. The van der Waals surface area contributed by atoms with Crippen molar-refractivity contribution in [1.82, 2.24) is 0 Å². The zero-order valence-corrected chi connectivity index (χ0v) is 9.00. The first-order valence-electron chi connectivity index (χ1n) is 5.03. The Hall–Kier alpha value is -0.890. The van der Waals surface area contributed by atoms with Gasteiger partial charge in [-0.15, -0.1) is 0 Å². The van der Waals surface area contributed by atoms with E-state index in [0.29, 0.717) is 11.8 Å². The lowest BCUT2D eigenvalue weighted by molar-refractivity contribution is 0.352. The molecule has 0 aromatic heterocycles. The normalized spacial score (nSPS) is 15.6. The average Bonchev–Trinajstić information content (AvgIpc) is 2.16. The second-order valence-corrected chi connectivity index (χ2v) is 4.18. The molecule has 0 bridgehead atoms. The Balaban J connectivity index is 2.78. The monoisotopic (exact) mass is 195 g/mol. The molecule has 2 atom stereocenters. The highest BCUT2D eigenvalue weighted by molar-refractivity contribution is 5.20. The molecule has 0 saturated heterocycles. The lowest BCUT2D eigenvalue weighted by atomic mass is 9.87. The van der Waals surface area contributed by atoms with Crippen LogP contribution >= 0.6 is 0 Å². The maximum absolute atomic E-state index is 12.7. The molecule has 1 aromatic carbocycles. The molecule has 0 aliphatic carbocycles. The summed E-state index contributed by atoms with van der Waals surface area (Å²) in [5, 5.41) is 0. The van der Waals surface area contributed by atoms with E-state index >= 15 is 0 Å². The first-order valence-corrected chi connectivity index (χ1v) is 5.03. The van der Waals surface area contributed by atoms with Crippen molar-refractivity contribution in [1.29, 1.82) is 0 Å². The van der Waals surface area contributed by atoms with E-state index in [0.717, 1.165) is 5.56 Å². The predicted octanol–water partition coefficient (Wildman–Crippen LogP) is 3.12. The van der Waals surface area contributed by atoms with E-state index in [4.69, 9.17) is 5.73 Å². The Morgan fingerprint density at radius 3 is 2.00 bits per heavy atom. The molecule has 0 fully saturated rings. The molecule has 1 nitrogen and oxygen atoms in total. The molecule has 1 aromatic rings. The fraction of sp³-hybridized carbons (Fsp3) is 0.500. The summed E-state index contributed by atoms with van der Waals surface area (Å²) in [6.45, 7) is 6.42. The Morgan fingerprint density at radius 2 is 1.57 bits per heavy atom. The van der Waals surface area contributed by atoms with Crippen molar-refractivity contribution < 1.29 is 4.39 Å². The van der Waals surface area contributed by atoms with Crippen LogP contribution in [0.2, 0.25) is 0 Å². The molecule has 14 heavy (non-hydrogen) atoms. The van der Waals surface area contributed by atoms with E-state index in [1.807, 2.05) is 0 Å². The zero-order valence-electron chi connectivity index (χ0n) is 9.00. The minimum Gasteiger partial charge on any atom is -0.324 e. The largest absolute Gasteiger partial charge is 0.324 e. The van der Waals surface area contributed by atoms with Crippen molar-refractivity contribution in [2.45, 2.75) is 26.8 Å². The summed E-state index contributed by atoms with van der Waals surface area (Å²) in [6.07, 6.45) is 0. The Kier molecular flexibility index (Phi) is 3.64. The van der Waals surface area contributed by atoms with E-state index in [1.165, 1.54) is 12.1 Å². The number of hydrogen-bond acceptors (Lipinski definition) is 1. The number of benzene rings is 1. The van der Waals surface area contributed by atoms with Gasteiger partial charge in [-0.05, 0) is 29.5 Å². The van der Waals surface area contributed by atoms with Crippen LogP contribution in [0.1, 0.15) is 32.4 Å². The van der Waals surface area contributed by atoms with Crippen LogP contribution in [0.3, 0.4) is 0 Å². The van der Waals surface area contributed by atoms with E-state index in [9.17, 15) is 4.39 Å². The highest BCUT2D eigenvalue weighted by Gasteiger charge is 2.17. The van der Waals surface area contributed by atoms with Crippen LogP contribution in [0.5, 0.6) is 0 Å². The number of rotatable bonds is 3. The molecule has 0 aliphatic heterocycles. The topological polar surface area (TPSA) is 26.0 Å².